The predicted molar refractivity (Wildman–Crippen MR) is 113 cm³/mol. The van der Waals surface area contributed by atoms with Crippen molar-refractivity contribution < 1.29 is 19.1 Å². The van der Waals surface area contributed by atoms with Crippen LogP contribution >= 0.6 is 15.9 Å². The van der Waals surface area contributed by atoms with Crippen molar-refractivity contribution in [2.75, 3.05) is 32.2 Å². The van der Waals surface area contributed by atoms with Gasteiger partial charge in [0.15, 0.2) is 0 Å². The number of rotatable bonds is 10. The number of unbranched alkanes of at least 4 members (excludes halogenated alkanes) is 1. The molecule has 0 bridgehead atoms. The van der Waals surface area contributed by atoms with Crippen molar-refractivity contribution >= 4 is 33.4 Å². The molecule has 2 aromatic carbocycles. The summed E-state index contributed by atoms with van der Waals surface area (Å²) in [5, 5.41) is 5.69. The molecular formula is C21H25BrN2O4. The highest BCUT2D eigenvalue weighted by Crippen LogP contribution is 2.26. The van der Waals surface area contributed by atoms with Crippen LogP contribution in [-0.2, 0) is 4.74 Å². The van der Waals surface area contributed by atoms with Crippen molar-refractivity contribution in [3.63, 3.8) is 0 Å². The van der Waals surface area contributed by atoms with Crippen molar-refractivity contribution in [3.05, 3.63) is 58.1 Å². The Kier molecular flexibility index (Phi) is 8.97. The van der Waals surface area contributed by atoms with Crippen molar-refractivity contribution in [1.82, 2.24) is 5.32 Å². The molecule has 0 unspecified atom stereocenters. The Morgan fingerprint density at radius 3 is 2.54 bits per heavy atom. The lowest BCUT2D eigenvalue weighted by atomic mass is 10.1. The Hall–Kier alpha value is -2.38. The lowest BCUT2D eigenvalue weighted by molar-refractivity contribution is 0.0951. The van der Waals surface area contributed by atoms with Crippen LogP contribution in [0.25, 0.3) is 0 Å². The molecule has 6 nitrogen and oxygen atoms in total. The number of methoxy groups -OCH3 is 1. The van der Waals surface area contributed by atoms with Crippen LogP contribution in [-0.4, -0.2) is 38.7 Å². The average Bonchev–Trinajstić information content (AvgIpc) is 2.69. The maximum Gasteiger partial charge on any atom is 0.255 e. The highest BCUT2D eigenvalue weighted by atomic mass is 79.9. The van der Waals surface area contributed by atoms with Gasteiger partial charge in [0.25, 0.3) is 11.8 Å². The fraction of sp³-hybridized carbons (Fsp3) is 0.333. The summed E-state index contributed by atoms with van der Waals surface area (Å²) in [5.74, 6) is 0.219. The van der Waals surface area contributed by atoms with E-state index in [1.165, 1.54) is 0 Å². The van der Waals surface area contributed by atoms with Gasteiger partial charge in [-0.05, 0) is 58.7 Å². The summed E-state index contributed by atoms with van der Waals surface area (Å²) in [6, 6.07) is 12.0. The maximum atomic E-state index is 12.5. The molecule has 7 heteroatoms. The normalized spacial score (nSPS) is 10.4. The first-order chi connectivity index (χ1) is 13.5. The van der Waals surface area contributed by atoms with E-state index in [0.717, 1.165) is 12.8 Å². The molecule has 150 valence electrons. The molecule has 0 aromatic heterocycles. The molecule has 0 saturated carbocycles. The number of hydrogen-bond acceptors (Lipinski definition) is 4. The van der Waals surface area contributed by atoms with Crippen LogP contribution in [0.4, 0.5) is 5.69 Å². The summed E-state index contributed by atoms with van der Waals surface area (Å²) in [6.07, 6.45) is 1.95. The van der Waals surface area contributed by atoms with Gasteiger partial charge in [0, 0.05) is 30.5 Å². The van der Waals surface area contributed by atoms with Crippen molar-refractivity contribution in [2.24, 2.45) is 0 Å². The SMILES string of the molecule is CCCCNC(=O)c1cccc(NC(=O)c2ccc(OCCOC)c(Br)c2)c1. The number of carbonyl (C=O) groups is 2. The van der Waals surface area contributed by atoms with Gasteiger partial charge >= 0.3 is 0 Å². The minimum Gasteiger partial charge on any atom is -0.490 e. The molecule has 2 aromatic rings. The summed E-state index contributed by atoms with van der Waals surface area (Å²) in [7, 11) is 1.61. The lowest BCUT2D eigenvalue weighted by Crippen LogP contribution is -2.24. The largest absolute Gasteiger partial charge is 0.490 e. The topological polar surface area (TPSA) is 76.7 Å². The van der Waals surface area contributed by atoms with Crippen LogP contribution in [0.2, 0.25) is 0 Å². The Balaban J connectivity index is 2.01. The molecule has 0 fully saturated rings. The van der Waals surface area contributed by atoms with E-state index in [2.05, 4.69) is 33.5 Å². The number of anilines is 1. The number of carbonyl (C=O) groups excluding carboxylic acids is 2. The standard InChI is InChI=1S/C21H25BrN2O4/c1-3-4-10-23-20(25)15-6-5-7-17(13-15)24-21(26)16-8-9-19(18(22)14-16)28-12-11-27-2/h5-9,13-14H,3-4,10-12H2,1-2H3,(H,23,25)(H,24,26). The number of benzene rings is 2. The second kappa shape index (κ2) is 11.5. The zero-order chi connectivity index (χ0) is 20.4. The van der Waals surface area contributed by atoms with E-state index in [4.69, 9.17) is 9.47 Å². The van der Waals surface area contributed by atoms with E-state index in [0.29, 0.717) is 46.8 Å². The van der Waals surface area contributed by atoms with Gasteiger partial charge in [0.2, 0.25) is 0 Å². The first kappa shape index (κ1) is 21.9. The van der Waals surface area contributed by atoms with Gasteiger partial charge in [-0.15, -0.1) is 0 Å². The quantitative estimate of drug-likeness (QED) is 0.532. The third-order valence-electron chi connectivity index (χ3n) is 3.94. The molecule has 0 aliphatic heterocycles. The summed E-state index contributed by atoms with van der Waals surface area (Å²) in [4.78, 5) is 24.7. The van der Waals surface area contributed by atoms with E-state index in [9.17, 15) is 9.59 Å². The Bertz CT molecular complexity index is 811. The number of amides is 2. The van der Waals surface area contributed by atoms with E-state index < -0.39 is 0 Å². The van der Waals surface area contributed by atoms with Crippen molar-refractivity contribution in [2.45, 2.75) is 19.8 Å². The van der Waals surface area contributed by atoms with Crippen LogP contribution in [0.3, 0.4) is 0 Å². The van der Waals surface area contributed by atoms with Gasteiger partial charge in [-0.1, -0.05) is 19.4 Å². The van der Waals surface area contributed by atoms with Crippen molar-refractivity contribution in [3.8, 4) is 5.75 Å². The van der Waals surface area contributed by atoms with Gasteiger partial charge in [0.05, 0.1) is 11.1 Å². The van der Waals surface area contributed by atoms with Crippen LogP contribution in [0.15, 0.2) is 46.9 Å². The van der Waals surface area contributed by atoms with Crippen LogP contribution < -0.4 is 15.4 Å². The van der Waals surface area contributed by atoms with Crippen LogP contribution in [0.1, 0.15) is 40.5 Å². The van der Waals surface area contributed by atoms with Gasteiger partial charge in [-0.2, -0.15) is 0 Å². The summed E-state index contributed by atoms with van der Waals surface area (Å²) < 4.78 is 11.2. The summed E-state index contributed by atoms with van der Waals surface area (Å²) in [5.41, 5.74) is 1.55. The zero-order valence-electron chi connectivity index (χ0n) is 16.1. The summed E-state index contributed by atoms with van der Waals surface area (Å²) >= 11 is 3.41. The Morgan fingerprint density at radius 1 is 1.04 bits per heavy atom. The van der Waals surface area contributed by atoms with Gasteiger partial charge in [-0.25, -0.2) is 0 Å². The van der Waals surface area contributed by atoms with E-state index in [-0.39, 0.29) is 11.8 Å². The van der Waals surface area contributed by atoms with Crippen LogP contribution in [0.5, 0.6) is 5.75 Å². The second-order valence-corrected chi connectivity index (χ2v) is 6.99. The van der Waals surface area contributed by atoms with E-state index in [1.54, 1.807) is 49.6 Å². The van der Waals surface area contributed by atoms with Crippen molar-refractivity contribution in [1.29, 1.82) is 0 Å². The van der Waals surface area contributed by atoms with Gasteiger partial charge in [-0.3, -0.25) is 9.59 Å². The third-order valence-corrected chi connectivity index (χ3v) is 4.56. The number of ether oxygens (including phenoxy) is 2. The fourth-order valence-electron chi connectivity index (χ4n) is 2.42. The molecule has 0 radical (unpaired) electrons. The highest BCUT2D eigenvalue weighted by molar-refractivity contribution is 9.10. The number of nitrogens with one attached hydrogen (secondary N) is 2. The minimum atomic E-state index is -0.271. The Labute approximate surface area is 173 Å². The first-order valence-electron chi connectivity index (χ1n) is 9.16. The lowest BCUT2D eigenvalue weighted by Gasteiger charge is -2.11. The molecule has 0 atom stereocenters. The summed E-state index contributed by atoms with van der Waals surface area (Å²) in [6.45, 7) is 3.61. The average molecular weight is 449 g/mol. The smallest absolute Gasteiger partial charge is 0.255 e. The second-order valence-electron chi connectivity index (χ2n) is 6.13. The Morgan fingerprint density at radius 2 is 1.82 bits per heavy atom. The zero-order valence-corrected chi connectivity index (χ0v) is 17.7. The molecule has 2 N–H and O–H groups in total. The van der Waals surface area contributed by atoms with Gasteiger partial charge in [0.1, 0.15) is 12.4 Å². The monoisotopic (exact) mass is 448 g/mol. The molecule has 28 heavy (non-hydrogen) atoms. The molecule has 0 heterocycles. The minimum absolute atomic E-state index is 0.148. The van der Waals surface area contributed by atoms with Gasteiger partial charge < -0.3 is 20.1 Å². The maximum absolute atomic E-state index is 12.5. The van der Waals surface area contributed by atoms with E-state index in [1.807, 2.05) is 0 Å². The molecule has 2 rings (SSSR count). The third kappa shape index (κ3) is 6.65. The van der Waals surface area contributed by atoms with Crippen LogP contribution in [0, 0.1) is 0 Å². The molecular weight excluding hydrogens is 424 g/mol. The number of hydrogen-bond donors (Lipinski definition) is 2. The van der Waals surface area contributed by atoms with E-state index >= 15 is 0 Å². The molecule has 0 aliphatic rings. The highest BCUT2D eigenvalue weighted by Gasteiger charge is 2.11. The first-order valence-corrected chi connectivity index (χ1v) is 9.95. The number of halogens is 1. The predicted octanol–water partition coefficient (Wildman–Crippen LogP) is 4.26. The molecule has 0 aliphatic carbocycles. The molecule has 2 amide bonds. The fourth-order valence-corrected chi connectivity index (χ4v) is 2.91. The molecule has 0 saturated heterocycles. The molecule has 0 spiro atoms.